The Bertz CT molecular complexity index is 518. The lowest BCUT2D eigenvalue weighted by atomic mass is 9.87. The molecule has 0 bridgehead atoms. The molecule has 0 radical (unpaired) electrons. The fourth-order valence-electron chi connectivity index (χ4n) is 1.71. The van der Waals surface area contributed by atoms with E-state index in [2.05, 4.69) is 4.72 Å². The van der Waals surface area contributed by atoms with Gasteiger partial charge in [-0.1, -0.05) is 45.9 Å². The number of hydrogen-bond acceptors (Lipinski definition) is 3. The van der Waals surface area contributed by atoms with E-state index in [-0.39, 0.29) is 24.5 Å². The van der Waals surface area contributed by atoms with Crippen molar-refractivity contribution in [2.45, 2.75) is 38.0 Å². The minimum atomic E-state index is -3.54. The van der Waals surface area contributed by atoms with Gasteiger partial charge in [-0.15, -0.1) is 0 Å². The van der Waals surface area contributed by atoms with Crippen molar-refractivity contribution in [3.8, 4) is 0 Å². The van der Waals surface area contributed by atoms with Gasteiger partial charge in [0.1, 0.15) is 0 Å². The monoisotopic (exact) mass is 285 g/mol. The normalized spacial score (nSPS) is 14.4. The Morgan fingerprint density at radius 3 is 2.37 bits per heavy atom. The number of nitrogens with one attached hydrogen (secondary N) is 1. The zero-order chi connectivity index (χ0) is 14.7. The summed E-state index contributed by atoms with van der Waals surface area (Å²) in [7, 11) is -3.54. The summed E-state index contributed by atoms with van der Waals surface area (Å²) in [5.41, 5.74) is 0.549. The van der Waals surface area contributed by atoms with Gasteiger partial charge in [-0.3, -0.25) is 0 Å². The van der Waals surface area contributed by atoms with Crippen molar-refractivity contribution < 1.29 is 13.5 Å². The summed E-state index contributed by atoms with van der Waals surface area (Å²) < 4.78 is 27.2. The van der Waals surface area contributed by atoms with Crippen LogP contribution in [0.5, 0.6) is 0 Å². The van der Waals surface area contributed by atoms with Gasteiger partial charge in [0.15, 0.2) is 0 Å². The van der Waals surface area contributed by atoms with Crippen LogP contribution in [0.2, 0.25) is 0 Å². The molecule has 0 fully saturated rings. The van der Waals surface area contributed by atoms with Crippen molar-refractivity contribution in [2.75, 3.05) is 13.2 Å². The highest BCUT2D eigenvalue weighted by Crippen LogP contribution is 2.28. The molecule has 0 amide bonds. The standard InChI is InChI=1S/C14H23NO3S/c1-11(10-16)9-15-19(17,18)13-8-6-5-7-12(13)14(2,3)4/h5-8,11,15-16H,9-10H2,1-4H3. The first-order chi connectivity index (χ1) is 8.68. The van der Waals surface area contributed by atoms with Gasteiger partial charge in [0, 0.05) is 13.2 Å². The van der Waals surface area contributed by atoms with Crippen molar-refractivity contribution in [1.82, 2.24) is 4.72 Å². The Hall–Kier alpha value is -0.910. The molecule has 0 aromatic heterocycles. The van der Waals surface area contributed by atoms with Crippen LogP contribution in [0.1, 0.15) is 33.3 Å². The van der Waals surface area contributed by atoms with E-state index in [1.54, 1.807) is 19.1 Å². The summed E-state index contributed by atoms with van der Waals surface area (Å²) in [6.07, 6.45) is 0. The molecule has 1 unspecified atom stereocenters. The fraction of sp³-hybridized carbons (Fsp3) is 0.571. The van der Waals surface area contributed by atoms with E-state index in [4.69, 9.17) is 5.11 Å². The molecule has 0 heterocycles. The van der Waals surface area contributed by atoms with Gasteiger partial charge in [-0.25, -0.2) is 13.1 Å². The van der Waals surface area contributed by atoms with E-state index in [1.165, 1.54) is 0 Å². The van der Waals surface area contributed by atoms with Crippen LogP contribution in [0, 0.1) is 5.92 Å². The minimum Gasteiger partial charge on any atom is -0.396 e. The Labute approximate surface area is 115 Å². The van der Waals surface area contributed by atoms with Crippen molar-refractivity contribution >= 4 is 10.0 Å². The molecular weight excluding hydrogens is 262 g/mol. The number of sulfonamides is 1. The molecule has 1 aromatic rings. The Balaban J connectivity index is 3.09. The zero-order valence-corrected chi connectivity index (χ0v) is 12.8. The highest BCUT2D eigenvalue weighted by Gasteiger charge is 2.25. The van der Waals surface area contributed by atoms with Crippen LogP contribution in [0.25, 0.3) is 0 Å². The number of benzene rings is 1. The van der Waals surface area contributed by atoms with Crippen molar-refractivity contribution in [1.29, 1.82) is 0 Å². The molecule has 1 aromatic carbocycles. The predicted octanol–water partition coefficient (Wildman–Crippen LogP) is 1.89. The first kappa shape index (κ1) is 16.1. The third-order valence-corrected chi connectivity index (χ3v) is 4.40. The average molecular weight is 285 g/mol. The van der Waals surface area contributed by atoms with Crippen molar-refractivity contribution in [3.63, 3.8) is 0 Å². The Morgan fingerprint density at radius 1 is 1.26 bits per heavy atom. The first-order valence-corrected chi connectivity index (χ1v) is 7.87. The van der Waals surface area contributed by atoms with E-state index >= 15 is 0 Å². The SMILES string of the molecule is CC(CO)CNS(=O)(=O)c1ccccc1C(C)(C)C. The fourth-order valence-corrected chi connectivity index (χ4v) is 3.30. The number of hydrogen-bond donors (Lipinski definition) is 2. The van der Waals surface area contributed by atoms with Crippen LogP contribution in [-0.2, 0) is 15.4 Å². The van der Waals surface area contributed by atoms with E-state index in [1.807, 2.05) is 32.9 Å². The third-order valence-electron chi connectivity index (χ3n) is 2.92. The molecular formula is C14H23NO3S. The molecule has 1 atom stereocenters. The van der Waals surface area contributed by atoms with Gasteiger partial charge in [0.05, 0.1) is 4.90 Å². The van der Waals surface area contributed by atoms with E-state index in [9.17, 15) is 8.42 Å². The van der Waals surface area contributed by atoms with Gasteiger partial charge < -0.3 is 5.11 Å². The lowest BCUT2D eigenvalue weighted by molar-refractivity contribution is 0.238. The minimum absolute atomic E-state index is 0.0383. The van der Waals surface area contributed by atoms with E-state index in [0.717, 1.165) is 5.56 Å². The molecule has 0 aliphatic carbocycles. The molecule has 0 saturated carbocycles. The summed E-state index contributed by atoms with van der Waals surface area (Å²) in [4.78, 5) is 0.313. The predicted molar refractivity (Wildman–Crippen MR) is 76.6 cm³/mol. The van der Waals surface area contributed by atoms with Gasteiger partial charge in [0.2, 0.25) is 10.0 Å². The lowest BCUT2D eigenvalue weighted by Crippen LogP contribution is -2.31. The number of rotatable bonds is 5. The summed E-state index contributed by atoms with van der Waals surface area (Å²) in [6.45, 7) is 7.94. The Kier molecular flexibility index (Phi) is 5.12. The highest BCUT2D eigenvalue weighted by molar-refractivity contribution is 7.89. The molecule has 1 rings (SSSR count). The maximum Gasteiger partial charge on any atom is 0.240 e. The summed E-state index contributed by atoms with van der Waals surface area (Å²) in [5, 5.41) is 8.95. The van der Waals surface area contributed by atoms with Crippen LogP contribution >= 0.6 is 0 Å². The molecule has 0 aliphatic rings. The molecule has 0 spiro atoms. The second-order valence-electron chi connectivity index (χ2n) is 5.89. The quantitative estimate of drug-likeness (QED) is 0.868. The van der Waals surface area contributed by atoms with Gasteiger partial charge >= 0.3 is 0 Å². The smallest absolute Gasteiger partial charge is 0.240 e. The largest absolute Gasteiger partial charge is 0.396 e. The van der Waals surface area contributed by atoms with Crippen molar-refractivity contribution in [3.05, 3.63) is 29.8 Å². The van der Waals surface area contributed by atoms with E-state index in [0.29, 0.717) is 4.90 Å². The van der Waals surface area contributed by atoms with Crippen LogP contribution in [0.4, 0.5) is 0 Å². The first-order valence-electron chi connectivity index (χ1n) is 6.38. The maximum atomic E-state index is 12.3. The van der Waals surface area contributed by atoms with Gasteiger partial charge in [-0.2, -0.15) is 0 Å². The van der Waals surface area contributed by atoms with Crippen LogP contribution in [-0.4, -0.2) is 26.7 Å². The molecule has 19 heavy (non-hydrogen) atoms. The molecule has 108 valence electrons. The lowest BCUT2D eigenvalue weighted by Gasteiger charge is -2.23. The molecule has 2 N–H and O–H groups in total. The highest BCUT2D eigenvalue weighted by atomic mass is 32.2. The molecule has 4 nitrogen and oxygen atoms in total. The summed E-state index contributed by atoms with van der Waals surface area (Å²) >= 11 is 0. The third kappa shape index (κ3) is 4.30. The average Bonchev–Trinajstić information content (AvgIpc) is 2.35. The zero-order valence-electron chi connectivity index (χ0n) is 12.0. The molecule has 0 saturated heterocycles. The number of aliphatic hydroxyl groups excluding tert-OH is 1. The van der Waals surface area contributed by atoms with Crippen LogP contribution in [0.15, 0.2) is 29.2 Å². The molecule has 5 heteroatoms. The number of aliphatic hydroxyl groups is 1. The molecule has 0 aliphatic heterocycles. The second kappa shape index (κ2) is 6.03. The van der Waals surface area contributed by atoms with Crippen LogP contribution in [0.3, 0.4) is 0 Å². The topological polar surface area (TPSA) is 66.4 Å². The van der Waals surface area contributed by atoms with E-state index < -0.39 is 10.0 Å². The second-order valence-corrected chi connectivity index (χ2v) is 7.62. The summed E-state index contributed by atoms with van der Waals surface area (Å²) in [5.74, 6) is -0.100. The van der Waals surface area contributed by atoms with Crippen LogP contribution < -0.4 is 4.72 Å². The van der Waals surface area contributed by atoms with Crippen molar-refractivity contribution in [2.24, 2.45) is 5.92 Å². The Morgan fingerprint density at radius 2 is 1.84 bits per heavy atom. The van der Waals surface area contributed by atoms with Gasteiger partial charge in [0.25, 0.3) is 0 Å². The summed E-state index contributed by atoms with van der Waals surface area (Å²) in [6, 6.07) is 7.02. The van der Waals surface area contributed by atoms with Gasteiger partial charge in [-0.05, 0) is 23.0 Å². The maximum absolute atomic E-state index is 12.3.